The van der Waals surface area contributed by atoms with Gasteiger partial charge in [0.1, 0.15) is 29.7 Å². The Morgan fingerprint density at radius 1 is 0.967 bits per heavy atom. The van der Waals surface area contributed by atoms with Crippen LogP contribution in [0, 0.1) is 23.7 Å². The quantitative estimate of drug-likeness (QED) is 0.145. The fourth-order valence-corrected chi connectivity index (χ4v) is 8.96. The van der Waals surface area contributed by atoms with Crippen LogP contribution in [0.1, 0.15) is 92.7 Å². The number of aliphatic hydroxyl groups excluding tert-OH is 2. The summed E-state index contributed by atoms with van der Waals surface area (Å²) in [5, 5.41) is 45.4. The van der Waals surface area contributed by atoms with E-state index in [4.69, 9.17) is 33.5 Å². The van der Waals surface area contributed by atoms with Crippen LogP contribution in [0.25, 0.3) is 0 Å². The Kier molecular flexibility index (Phi) is 17.6. The molecule has 2 heterocycles. The molecule has 2 aliphatic heterocycles. The first-order chi connectivity index (χ1) is 28.7. The van der Waals surface area contributed by atoms with Crippen molar-refractivity contribution in [1.82, 2.24) is 4.90 Å². The van der Waals surface area contributed by atoms with Gasteiger partial charge in [-0.3, -0.25) is 9.59 Å². The second-order valence-corrected chi connectivity index (χ2v) is 17.7. The van der Waals surface area contributed by atoms with Gasteiger partial charge in [0.2, 0.25) is 0 Å². The summed E-state index contributed by atoms with van der Waals surface area (Å²) in [4.78, 5) is 30.1. The van der Waals surface area contributed by atoms with Crippen molar-refractivity contribution >= 4 is 23.4 Å². The van der Waals surface area contributed by atoms with E-state index in [1.807, 2.05) is 108 Å². The van der Waals surface area contributed by atoms with Gasteiger partial charge in [-0.25, -0.2) is 0 Å². The summed E-state index contributed by atoms with van der Waals surface area (Å²) in [6, 6.07) is 16.2. The molecule has 4 rings (SSSR count). The van der Waals surface area contributed by atoms with E-state index in [9.17, 15) is 24.9 Å². The van der Waals surface area contributed by atoms with E-state index in [1.54, 1.807) is 35.0 Å². The number of ether oxygens (including phenoxy) is 6. The first kappa shape index (κ1) is 49.9. The number of likely N-dealkylation sites (N-methyl/N-ethyl adjacent to an activating group) is 1. The number of methoxy groups -OCH3 is 2. The van der Waals surface area contributed by atoms with Gasteiger partial charge >= 0.3 is 11.9 Å². The maximum atomic E-state index is 14.3. The first-order valence-corrected chi connectivity index (χ1v) is 21.5. The fourth-order valence-electron chi connectivity index (χ4n) is 8.96. The Morgan fingerprint density at radius 2 is 1.61 bits per heavy atom. The topological polar surface area (TPSA) is 178 Å². The lowest BCUT2D eigenvalue weighted by Crippen LogP contribution is -2.60. The minimum absolute atomic E-state index is 0.0604. The maximum Gasteiger partial charge on any atom is 0.312 e. The zero-order valence-corrected chi connectivity index (χ0v) is 38.4. The molecule has 0 amide bonds. The van der Waals surface area contributed by atoms with Gasteiger partial charge in [-0.15, -0.1) is 0 Å². The Labute approximate surface area is 362 Å². The standard InChI is InChI=1S/C47H71N3O11/c1-14-37-47(9,55)42(53)29(4)39(49-48-32(7)34-20-22-35(56-12)23-21-34)27(2)26-46(8,57-13)43(61-45-40(52)36(50(10)11)24-28(3)58-45)30(5)41(31(6)44(54)59-37)60-38(51)25-33-18-16-15-17-19-33/h15-23,27-31,36-37,40-43,45,52-53,55H,14,24-26H2,1-13H3/b48-32+,49-39+/t27-,28?,29+,30+,31-,36?,37-,40?,41+,42-,43-,45?,46-,47-/m1/s1. The van der Waals surface area contributed by atoms with E-state index in [0.717, 1.165) is 11.1 Å². The first-order valence-electron chi connectivity index (χ1n) is 21.5. The minimum atomic E-state index is -1.95. The summed E-state index contributed by atoms with van der Waals surface area (Å²) in [5.41, 5.74) is -0.616. The summed E-state index contributed by atoms with van der Waals surface area (Å²) in [5.74, 6) is -3.79. The molecule has 2 aromatic carbocycles. The number of aliphatic hydroxyl groups is 3. The Hall–Kier alpha value is -3.76. The second-order valence-electron chi connectivity index (χ2n) is 17.7. The molecule has 61 heavy (non-hydrogen) atoms. The Balaban J connectivity index is 1.92. The van der Waals surface area contributed by atoms with Crippen LogP contribution in [0.15, 0.2) is 64.8 Å². The molecule has 14 atom stereocenters. The molecule has 2 aromatic rings. The van der Waals surface area contributed by atoms with Crippen molar-refractivity contribution in [1.29, 1.82) is 0 Å². The number of hydrogen-bond acceptors (Lipinski definition) is 14. The predicted molar refractivity (Wildman–Crippen MR) is 233 cm³/mol. The minimum Gasteiger partial charge on any atom is -0.497 e. The van der Waals surface area contributed by atoms with E-state index in [-0.39, 0.29) is 31.4 Å². The number of hydrogen-bond donors (Lipinski definition) is 3. The summed E-state index contributed by atoms with van der Waals surface area (Å²) in [6.45, 7) is 15.9. The highest BCUT2D eigenvalue weighted by Crippen LogP contribution is 2.40. The van der Waals surface area contributed by atoms with E-state index >= 15 is 0 Å². The normalized spacial score (nSPS) is 36.6. The molecule has 0 aliphatic carbocycles. The van der Waals surface area contributed by atoms with Crippen LogP contribution >= 0.6 is 0 Å². The molecule has 3 N–H and O–H groups in total. The van der Waals surface area contributed by atoms with Crippen LogP contribution in [0.4, 0.5) is 0 Å². The molecule has 340 valence electrons. The molecule has 0 aromatic heterocycles. The van der Waals surface area contributed by atoms with Gasteiger partial charge in [0.25, 0.3) is 0 Å². The van der Waals surface area contributed by atoms with Crippen molar-refractivity contribution in [3.63, 3.8) is 0 Å². The van der Waals surface area contributed by atoms with Gasteiger partial charge < -0.3 is 48.6 Å². The Morgan fingerprint density at radius 3 is 2.18 bits per heavy atom. The van der Waals surface area contributed by atoms with E-state index in [2.05, 4.69) is 5.10 Å². The zero-order valence-electron chi connectivity index (χ0n) is 38.4. The lowest BCUT2D eigenvalue weighted by atomic mass is 9.73. The number of benzene rings is 2. The Bertz CT molecular complexity index is 1790. The maximum absolute atomic E-state index is 14.3. The SMILES string of the molecule is CC[C@H]1OC(=O)[C@H](C)[C@@H](OC(=O)Cc2ccccc2)[C@H](C)[C@@H](OC2OC(C)CC(N(C)C)C2O)[C@](C)(OC)C[C@@H](C)/C(=N\N=C(/C)c2ccc(OC)cc2)[C@H](C)[C@@H](O)[C@]1(C)O. The lowest BCUT2D eigenvalue weighted by molar-refractivity contribution is -0.301. The third kappa shape index (κ3) is 12.0. The molecule has 14 nitrogen and oxygen atoms in total. The molecule has 2 aliphatic rings. The number of esters is 2. The van der Waals surface area contributed by atoms with Gasteiger partial charge in [-0.1, -0.05) is 58.0 Å². The molecule has 0 spiro atoms. The van der Waals surface area contributed by atoms with Crippen molar-refractivity contribution < 1.29 is 53.3 Å². The zero-order chi connectivity index (χ0) is 45.4. The van der Waals surface area contributed by atoms with E-state index in [1.165, 1.54) is 6.92 Å². The average Bonchev–Trinajstić information content (AvgIpc) is 3.23. The highest BCUT2D eigenvalue weighted by molar-refractivity contribution is 5.99. The molecule has 4 unspecified atom stereocenters. The average molecular weight is 854 g/mol. The highest BCUT2D eigenvalue weighted by atomic mass is 16.7. The van der Waals surface area contributed by atoms with Crippen molar-refractivity contribution in [3.05, 3.63) is 65.7 Å². The van der Waals surface area contributed by atoms with Crippen molar-refractivity contribution in [2.75, 3.05) is 28.3 Å². The van der Waals surface area contributed by atoms with Gasteiger partial charge in [0.05, 0.1) is 49.1 Å². The monoisotopic (exact) mass is 854 g/mol. The smallest absolute Gasteiger partial charge is 0.312 e. The van der Waals surface area contributed by atoms with Gasteiger partial charge in [-0.2, -0.15) is 10.2 Å². The third-order valence-electron chi connectivity index (χ3n) is 12.8. The molecular weight excluding hydrogens is 783 g/mol. The molecule has 0 saturated carbocycles. The van der Waals surface area contributed by atoms with E-state index < -0.39 is 83.6 Å². The summed E-state index contributed by atoms with van der Waals surface area (Å²) in [7, 11) is 6.92. The molecular formula is C47H71N3O11. The molecule has 0 bridgehead atoms. The van der Waals surface area contributed by atoms with Gasteiger partial charge in [-0.05, 0) is 109 Å². The van der Waals surface area contributed by atoms with Crippen LogP contribution < -0.4 is 4.74 Å². The molecule has 14 heteroatoms. The van der Waals surface area contributed by atoms with Crippen molar-refractivity contribution in [2.45, 2.75) is 148 Å². The summed E-state index contributed by atoms with van der Waals surface area (Å²) < 4.78 is 37.4. The van der Waals surface area contributed by atoms with Crippen LogP contribution in [0.2, 0.25) is 0 Å². The fraction of sp³-hybridized carbons (Fsp3) is 0.660. The predicted octanol–water partition coefficient (Wildman–Crippen LogP) is 5.61. The van der Waals surface area contributed by atoms with E-state index in [0.29, 0.717) is 23.6 Å². The number of cyclic esters (lactones) is 1. The number of carbonyl (C=O) groups excluding carboxylic acids is 2. The molecule has 2 fully saturated rings. The highest BCUT2D eigenvalue weighted by Gasteiger charge is 2.52. The molecule has 0 radical (unpaired) electrons. The van der Waals surface area contributed by atoms with Crippen LogP contribution in [-0.2, 0) is 39.7 Å². The van der Waals surface area contributed by atoms with Gasteiger partial charge in [0, 0.05) is 30.7 Å². The van der Waals surface area contributed by atoms with Crippen molar-refractivity contribution in [2.24, 2.45) is 33.9 Å². The number of nitrogens with zero attached hydrogens (tertiary/aromatic N) is 3. The van der Waals surface area contributed by atoms with Crippen LogP contribution in [0.5, 0.6) is 5.75 Å². The lowest BCUT2D eigenvalue weighted by Gasteiger charge is -2.48. The number of carbonyl (C=O) groups is 2. The molecule has 2 saturated heterocycles. The van der Waals surface area contributed by atoms with Crippen LogP contribution in [0.3, 0.4) is 0 Å². The summed E-state index contributed by atoms with van der Waals surface area (Å²) >= 11 is 0. The second kappa shape index (κ2) is 21.5. The largest absolute Gasteiger partial charge is 0.497 e. The van der Waals surface area contributed by atoms with Gasteiger partial charge in [0.15, 0.2) is 6.29 Å². The summed E-state index contributed by atoms with van der Waals surface area (Å²) in [6.07, 6.45) is -6.37. The number of rotatable bonds is 11. The van der Waals surface area contributed by atoms with Crippen molar-refractivity contribution in [3.8, 4) is 5.75 Å². The van der Waals surface area contributed by atoms with Crippen LogP contribution in [-0.4, -0.2) is 132 Å². The third-order valence-corrected chi connectivity index (χ3v) is 12.8.